The molecule has 106 valence electrons. The molecule has 7 heteroatoms. The number of carbonyl (C=O) groups is 1. The fourth-order valence-electron chi connectivity index (χ4n) is 1.58. The summed E-state index contributed by atoms with van der Waals surface area (Å²) in [4.78, 5) is 15.9. The quantitative estimate of drug-likeness (QED) is 0.797. The van der Waals surface area contributed by atoms with Crippen molar-refractivity contribution >= 4 is 15.9 Å². The number of hydrogen-bond donors (Lipinski definition) is 2. The number of rotatable bonds is 6. The Hall–Kier alpha value is -1.47. The van der Waals surface area contributed by atoms with Crippen molar-refractivity contribution in [2.24, 2.45) is 0 Å². The predicted octanol–water partition coefficient (Wildman–Crippen LogP) is 0.507. The molecule has 0 saturated heterocycles. The lowest BCUT2D eigenvalue weighted by molar-refractivity contribution is -0.120. The number of aromatic nitrogens is 1. The summed E-state index contributed by atoms with van der Waals surface area (Å²) in [6.07, 6.45) is 3.38. The molecule has 1 aromatic heterocycles. The van der Waals surface area contributed by atoms with Gasteiger partial charge in [-0.05, 0) is 31.0 Å². The van der Waals surface area contributed by atoms with Crippen LogP contribution >= 0.6 is 0 Å². The lowest BCUT2D eigenvalue weighted by atomic mass is 10.1. The molecule has 0 spiro atoms. The highest BCUT2D eigenvalue weighted by molar-refractivity contribution is 7.88. The van der Waals surface area contributed by atoms with Crippen LogP contribution in [-0.4, -0.2) is 32.1 Å². The van der Waals surface area contributed by atoms with Crippen LogP contribution in [0.2, 0.25) is 0 Å². The smallest absolute Gasteiger partial charge is 0.235 e. The van der Waals surface area contributed by atoms with Gasteiger partial charge in [0.15, 0.2) is 0 Å². The molecule has 1 rings (SSSR count). The molecule has 0 aliphatic rings. The highest BCUT2D eigenvalue weighted by Crippen LogP contribution is 2.14. The largest absolute Gasteiger partial charge is 0.347 e. The van der Waals surface area contributed by atoms with Crippen molar-refractivity contribution in [2.45, 2.75) is 26.3 Å². The summed E-state index contributed by atoms with van der Waals surface area (Å²) in [5.74, 6) is -0.374. The summed E-state index contributed by atoms with van der Waals surface area (Å²) >= 11 is 0. The Bertz CT molecular complexity index is 543. The number of aryl methyl sites for hydroxylation is 1. The van der Waals surface area contributed by atoms with Gasteiger partial charge in [-0.25, -0.2) is 13.1 Å². The highest BCUT2D eigenvalue weighted by Gasteiger charge is 2.14. The topological polar surface area (TPSA) is 88.2 Å². The molecule has 1 heterocycles. The third-order valence-electron chi connectivity index (χ3n) is 2.53. The van der Waals surface area contributed by atoms with Crippen LogP contribution in [0.3, 0.4) is 0 Å². The first-order valence-electron chi connectivity index (χ1n) is 5.98. The van der Waals surface area contributed by atoms with Crippen molar-refractivity contribution < 1.29 is 13.2 Å². The third-order valence-corrected chi connectivity index (χ3v) is 3.20. The van der Waals surface area contributed by atoms with E-state index in [1.807, 2.05) is 26.0 Å². The molecule has 1 aromatic rings. The standard InChI is InChI=1S/C12H19N3O3S/c1-4-10(11-7-9(2)5-6-13-11)15-12(16)8-14-19(3,17)18/h5-7,10,14H,4,8H2,1-3H3,(H,15,16)/t10-/m1/s1. The summed E-state index contributed by atoms with van der Waals surface area (Å²) in [6.45, 7) is 3.62. The fraction of sp³-hybridized carbons (Fsp3) is 0.500. The SMILES string of the molecule is CC[C@@H](NC(=O)CNS(C)(=O)=O)c1cc(C)ccn1. The van der Waals surface area contributed by atoms with Crippen molar-refractivity contribution in [2.75, 3.05) is 12.8 Å². The van der Waals surface area contributed by atoms with Crippen LogP contribution in [0.1, 0.15) is 30.6 Å². The van der Waals surface area contributed by atoms with Gasteiger partial charge in [0, 0.05) is 6.20 Å². The number of amides is 1. The fourth-order valence-corrected chi connectivity index (χ4v) is 1.97. The Morgan fingerprint density at radius 1 is 1.47 bits per heavy atom. The van der Waals surface area contributed by atoms with E-state index in [1.165, 1.54) is 0 Å². The van der Waals surface area contributed by atoms with Gasteiger partial charge in [-0.2, -0.15) is 0 Å². The first-order chi connectivity index (χ1) is 8.81. The van der Waals surface area contributed by atoms with Gasteiger partial charge in [0.05, 0.1) is 24.5 Å². The van der Waals surface area contributed by atoms with Crippen LogP contribution in [0.4, 0.5) is 0 Å². The molecule has 0 radical (unpaired) electrons. The van der Waals surface area contributed by atoms with Crippen molar-refractivity contribution in [3.63, 3.8) is 0 Å². The van der Waals surface area contributed by atoms with Crippen LogP contribution in [0.15, 0.2) is 18.3 Å². The zero-order chi connectivity index (χ0) is 14.5. The summed E-state index contributed by atoms with van der Waals surface area (Å²) < 4.78 is 24.0. The van der Waals surface area contributed by atoms with Crippen molar-refractivity contribution in [3.8, 4) is 0 Å². The van der Waals surface area contributed by atoms with E-state index in [-0.39, 0.29) is 18.5 Å². The number of sulfonamides is 1. The maximum Gasteiger partial charge on any atom is 0.235 e. The minimum absolute atomic E-state index is 0.214. The van der Waals surface area contributed by atoms with E-state index in [2.05, 4.69) is 15.0 Å². The molecule has 0 aromatic carbocycles. The summed E-state index contributed by atoms with van der Waals surface area (Å²) in [5.41, 5.74) is 1.84. The average molecular weight is 285 g/mol. The monoisotopic (exact) mass is 285 g/mol. The van der Waals surface area contributed by atoms with Crippen LogP contribution < -0.4 is 10.0 Å². The van der Waals surface area contributed by atoms with Crippen LogP contribution in [-0.2, 0) is 14.8 Å². The van der Waals surface area contributed by atoms with Gasteiger partial charge in [0.25, 0.3) is 0 Å². The minimum Gasteiger partial charge on any atom is -0.347 e. The van der Waals surface area contributed by atoms with E-state index in [9.17, 15) is 13.2 Å². The number of carbonyl (C=O) groups excluding carboxylic acids is 1. The predicted molar refractivity (Wildman–Crippen MR) is 73.0 cm³/mol. The Morgan fingerprint density at radius 3 is 2.68 bits per heavy atom. The summed E-state index contributed by atoms with van der Waals surface area (Å²) in [6, 6.07) is 3.57. The van der Waals surface area contributed by atoms with Crippen molar-refractivity contribution in [1.29, 1.82) is 0 Å². The lowest BCUT2D eigenvalue weighted by Crippen LogP contribution is -2.38. The van der Waals surface area contributed by atoms with E-state index in [0.29, 0.717) is 6.42 Å². The average Bonchev–Trinajstić information content (AvgIpc) is 2.32. The van der Waals surface area contributed by atoms with Gasteiger partial charge in [-0.3, -0.25) is 9.78 Å². The second kappa shape index (κ2) is 6.63. The van der Waals surface area contributed by atoms with Gasteiger partial charge in [-0.15, -0.1) is 0 Å². The molecule has 0 bridgehead atoms. The first-order valence-corrected chi connectivity index (χ1v) is 7.87. The maximum absolute atomic E-state index is 11.7. The van der Waals surface area contributed by atoms with E-state index in [1.54, 1.807) is 6.20 Å². The van der Waals surface area contributed by atoms with E-state index >= 15 is 0 Å². The van der Waals surface area contributed by atoms with Gasteiger partial charge in [-0.1, -0.05) is 6.92 Å². The van der Waals surface area contributed by atoms with Gasteiger partial charge >= 0.3 is 0 Å². The Kier molecular flexibility index (Phi) is 5.44. The lowest BCUT2D eigenvalue weighted by Gasteiger charge is -2.17. The zero-order valence-corrected chi connectivity index (χ0v) is 12.1. The summed E-state index contributed by atoms with van der Waals surface area (Å²) in [5, 5.41) is 2.75. The second-order valence-corrected chi connectivity index (χ2v) is 6.21. The molecule has 0 unspecified atom stereocenters. The molecule has 0 fully saturated rings. The minimum atomic E-state index is -3.36. The van der Waals surface area contributed by atoms with Crippen molar-refractivity contribution in [3.05, 3.63) is 29.6 Å². The Labute approximate surface area is 113 Å². The van der Waals surface area contributed by atoms with Crippen molar-refractivity contribution in [1.82, 2.24) is 15.0 Å². The number of nitrogens with zero attached hydrogens (tertiary/aromatic N) is 1. The second-order valence-electron chi connectivity index (χ2n) is 4.38. The Balaban J connectivity index is 2.65. The molecule has 0 aliphatic heterocycles. The number of pyridine rings is 1. The molecule has 1 amide bonds. The third kappa shape index (κ3) is 5.80. The highest BCUT2D eigenvalue weighted by atomic mass is 32.2. The van der Waals surface area contributed by atoms with Crippen LogP contribution in [0.25, 0.3) is 0 Å². The molecule has 2 N–H and O–H groups in total. The molecular weight excluding hydrogens is 266 g/mol. The normalized spacial score (nSPS) is 13.0. The van der Waals surface area contributed by atoms with Gasteiger partial charge < -0.3 is 5.32 Å². The molecular formula is C12H19N3O3S. The Morgan fingerprint density at radius 2 is 2.16 bits per heavy atom. The first kappa shape index (κ1) is 15.6. The van der Waals surface area contributed by atoms with Crippen LogP contribution in [0, 0.1) is 6.92 Å². The van der Waals surface area contributed by atoms with E-state index in [4.69, 9.17) is 0 Å². The van der Waals surface area contributed by atoms with Gasteiger partial charge in [0.2, 0.25) is 15.9 Å². The van der Waals surface area contributed by atoms with Crippen LogP contribution in [0.5, 0.6) is 0 Å². The molecule has 1 atom stereocenters. The number of nitrogens with one attached hydrogen (secondary N) is 2. The number of hydrogen-bond acceptors (Lipinski definition) is 4. The molecule has 0 aliphatic carbocycles. The molecule has 6 nitrogen and oxygen atoms in total. The van der Waals surface area contributed by atoms with E-state index < -0.39 is 10.0 Å². The molecule has 0 saturated carbocycles. The van der Waals surface area contributed by atoms with Gasteiger partial charge in [0.1, 0.15) is 0 Å². The van der Waals surface area contributed by atoms with E-state index in [0.717, 1.165) is 17.5 Å². The summed E-state index contributed by atoms with van der Waals surface area (Å²) in [7, 11) is -3.36. The maximum atomic E-state index is 11.7. The zero-order valence-electron chi connectivity index (χ0n) is 11.3. The molecule has 19 heavy (non-hydrogen) atoms.